The zero-order valence-corrected chi connectivity index (χ0v) is 32.0. The van der Waals surface area contributed by atoms with Gasteiger partial charge in [0.05, 0.1) is 33.0 Å². The van der Waals surface area contributed by atoms with Crippen LogP contribution < -0.4 is 5.56 Å². The van der Waals surface area contributed by atoms with Crippen LogP contribution in [0.15, 0.2) is 217 Å². The molecule has 4 nitrogen and oxygen atoms in total. The topological polar surface area (TPSA) is 31.9 Å². The first-order chi connectivity index (χ1) is 29.2. The molecule has 4 heteroatoms. The molecule has 0 amide bonds. The van der Waals surface area contributed by atoms with Gasteiger partial charge >= 0.3 is 0 Å². The fraction of sp³-hybridized carbons (Fsp3) is 0. The van der Waals surface area contributed by atoms with E-state index in [0.29, 0.717) is 5.39 Å². The maximum absolute atomic E-state index is 15.4. The van der Waals surface area contributed by atoms with Crippen molar-refractivity contribution in [3.05, 3.63) is 223 Å². The summed E-state index contributed by atoms with van der Waals surface area (Å²) in [5.74, 6) is 0. The minimum absolute atomic E-state index is 0.0547. The quantitative estimate of drug-likeness (QED) is 0.161. The molecule has 276 valence electrons. The van der Waals surface area contributed by atoms with Gasteiger partial charge in [-0.25, -0.2) is 0 Å². The van der Waals surface area contributed by atoms with E-state index in [-0.39, 0.29) is 5.56 Å². The van der Waals surface area contributed by atoms with Crippen LogP contribution in [0.2, 0.25) is 0 Å². The van der Waals surface area contributed by atoms with Crippen LogP contribution in [0.3, 0.4) is 0 Å². The van der Waals surface area contributed by atoms with Crippen LogP contribution in [0.4, 0.5) is 0 Å². The Balaban J connectivity index is 1.15. The van der Waals surface area contributed by atoms with Crippen molar-refractivity contribution in [2.24, 2.45) is 0 Å². The second-order valence-corrected chi connectivity index (χ2v) is 15.3. The smallest absolute Gasteiger partial charge is 0.263 e. The monoisotopic (exact) mass is 753 g/mol. The molecule has 0 saturated carbocycles. The highest BCUT2D eigenvalue weighted by Crippen LogP contribution is 2.40. The van der Waals surface area contributed by atoms with Crippen molar-refractivity contribution in [1.82, 2.24) is 13.7 Å². The third kappa shape index (κ3) is 5.13. The summed E-state index contributed by atoms with van der Waals surface area (Å²) in [6.45, 7) is 0. The van der Waals surface area contributed by atoms with Crippen LogP contribution in [-0.4, -0.2) is 13.7 Å². The number of fused-ring (bicyclic) bond motifs is 9. The lowest BCUT2D eigenvalue weighted by Gasteiger charge is -2.16. The molecule has 0 fully saturated rings. The number of benzene rings is 9. The molecule has 3 heterocycles. The van der Waals surface area contributed by atoms with Gasteiger partial charge in [0.25, 0.3) is 5.56 Å². The van der Waals surface area contributed by atoms with E-state index in [0.717, 1.165) is 82.7 Å². The Morgan fingerprint density at radius 3 is 1.15 bits per heavy atom. The number of pyridine rings is 1. The van der Waals surface area contributed by atoms with Crippen LogP contribution in [0, 0.1) is 0 Å². The summed E-state index contributed by atoms with van der Waals surface area (Å²) in [6, 6.07) is 74.6. The number of hydrogen-bond acceptors (Lipinski definition) is 1. The summed E-state index contributed by atoms with van der Waals surface area (Å²) < 4.78 is 6.53. The molecule has 3 aromatic heterocycles. The van der Waals surface area contributed by atoms with Gasteiger partial charge in [-0.3, -0.25) is 9.36 Å². The van der Waals surface area contributed by atoms with Crippen LogP contribution >= 0.6 is 0 Å². The van der Waals surface area contributed by atoms with E-state index in [1.807, 2.05) is 22.8 Å². The van der Waals surface area contributed by atoms with Gasteiger partial charge in [-0.05, 0) is 100 Å². The number of rotatable bonds is 5. The highest BCUT2D eigenvalue weighted by atomic mass is 16.1. The minimum atomic E-state index is -0.0547. The summed E-state index contributed by atoms with van der Waals surface area (Å²) in [4.78, 5) is 15.4. The van der Waals surface area contributed by atoms with Crippen molar-refractivity contribution in [3.63, 3.8) is 0 Å². The maximum atomic E-state index is 15.4. The molecule has 0 aliphatic heterocycles. The Kier molecular flexibility index (Phi) is 7.35. The lowest BCUT2D eigenvalue weighted by Crippen LogP contribution is -2.19. The molecule has 9 aromatic carbocycles. The number of nitrogens with zero attached hydrogens (tertiary/aromatic N) is 3. The Morgan fingerprint density at radius 2 is 0.610 bits per heavy atom. The summed E-state index contributed by atoms with van der Waals surface area (Å²) in [7, 11) is 0. The lowest BCUT2D eigenvalue weighted by molar-refractivity contribution is 1.06. The first kappa shape index (κ1) is 33.2. The predicted molar refractivity (Wildman–Crippen MR) is 247 cm³/mol. The molecule has 0 N–H and O–H groups in total. The van der Waals surface area contributed by atoms with Crippen molar-refractivity contribution in [2.45, 2.75) is 0 Å². The third-order valence-electron chi connectivity index (χ3n) is 12.0. The molecular weight excluding hydrogens is 719 g/mol. The Labute approximate surface area is 339 Å². The summed E-state index contributed by atoms with van der Waals surface area (Å²) in [5.41, 5.74) is 12.6. The average molecular weight is 754 g/mol. The average Bonchev–Trinajstić information content (AvgIpc) is 3.81. The zero-order chi connectivity index (χ0) is 39.0. The molecule has 0 aliphatic carbocycles. The van der Waals surface area contributed by atoms with Gasteiger partial charge in [0.2, 0.25) is 0 Å². The van der Waals surface area contributed by atoms with E-state index >= 15 is 4.79 Å². The molecule has 0 bridgehead atoms. The van der Waals surface area contributed by atoms with Gasteiger partial charge in [0.15, 0.2) is 0 Å². The highest BCUT2D eigenvalue weighted by molar-refractivity contribution is 6.21. The zero-order valence-electron chi connectivity index (χ0n) is 32.0. The van der Waals surface area contributed by atoms with Crippen molar-refractivity contribution in [1.29, 1.82) is 0 Å². The van der Waals surface area contributed by atoms with Gasteiger partial charge in [-0.15, -0.1) is 0 Å². The maximum Gasteiger partial charge on any atom is 0.263 e. The van der Waals surface area contributed by atoms with E-state index < -0.39 is 0 Å². The van der Waals surface area contributed by atoms with Crippen molar-refractivity contribution >= 4 is 65.3 Å². The van der Waals surface area contributed by atoms with Crippen LogP contribution in [0.5, 0.6) is 0 Å². The molecule has 0 spiro atoms. The van der Waals surface area contributed by atoms with Crippen molar-refractivity contribution in [2.75, 3.05) is 0 Å². The second kappa shape index (κ2) is 13.1. The molecule has 0 saturated heterocycles. The minimum Gasteiger partial charge on any atom is -0.309 e. The molecule has 59 heavy (non-hydrogen) atoms. The number of aromatic nitrogens is 3. The molecule has 12 rings (SSSR count). The van der Waals surface area contributed by atoms with E-state index in [4.69, 9.17) is 0 Å². The van der Waals surface area contributed by atoms with E-state index in [9.17, 15) is 0 Å². The normalized spacial score (nSPS) is 11.8. The standard InChI is InChI=1S/C55H35N3O/c59-55-49-34-52-46(43-20-10-12-22-50(43)56(52)40-16-6-2-7-17-40)32-45(49)48-33-47-44-21-11-13-23-51(44)57(41-18-8-3-9-19-41)53(47)35-54(48)58(55)42-30-28-39(29-31-42)38-26-24-37(25-27-38)36-14-4-1-5-15-36/h1-35H. The second-order valence-electron chi connectivity index (χ2n) is 15.3. The molecule has 0 unspecified atom stereocenters. The predicted octanol–water partition coefficient (Wildman–Crippen LogP) is 13.7. The number of para-hydroxylation sites is 4. The van der Waals surface area contributed by atoms with Gasteiger partial charge in [0, 0.05) is 44.0 Å². The molecule has 0 atom stereocenters. The van der Waals surface area contributed by atoms with E-state index in [2.05, 4.69) is 203 Å². The molecule has 0 radical (unpaired) electrons. The third-order valence-corrected chi connectivity index (χ3v) is 12.0. The summed E-state index contributed by atoms with van der Waals surface area (Å²) in [6.07, 6.45) is 0. The highest BCUT2D eigenvalue weighted by Gasteiger charge is 2.21. The van der Waals surface area contributed by atoms with Gasteiger partial charge in [-0.2, -0.15) is 0 Å². The van der Waals surface area contributed by atoms with Crippen molar-refractivity contribution in [3.8, 4) is 39.3 Å². The Morgan fingerprint density at radius 1 is 0.237 bits per heavy atom. The fourth-order valence-electron chi connectivity index (χ4n) is 9.31. The van der Waals surface area contributed by atoms with Crippen molar-refractivity contribution < 1.29 is 0 Å². The first-order valence-corrected chi connectivity index (χ1v) is 20.1. The van der Waals surface area contributed by atoms with Crippen LogP contribution in [-0.2, 0) is 0 Å². The summed E-state index contributed by atoms with van der Waals surface area (Å²) in [5, 5.41) is 7.23. The van der Waals surface area contributed by atoms with E-state index in [1.54, 1.807) is 0 Å². The largest absolute Gasteiger partial charge is 0.309 e. The van der Waals surface area contributed by atoms with Gasteiger partial charge in [0.1, 0.15) is 0 Å². The Bertz CT molecular complexity index is 3640. The summed E-state index contributed by atoms with van der Waals surface area (Å²) >= 11 is 0. The number of hydrogen-bond donors (Lipinski definition) is 0. The first-order valence-electron chi connectivity index (χ1n) is 20.1. The van der Waals surface area contributed by atoms with E-state index in [1.165, 1.54) is 16.5 Å². The molecule has 12 aromatic rings. The lowest BCUT2D eigenvalue weighted by atomic mass is 9.99. The molecular formula is C55H35N3O. The molecule has 0 aliphatic rings. The fourth-order valence-corrected chi connectivity index (χ4v) is 9.31. The van der Waals surface area contributed by atoms with Crippen LogP contribution in [0.25, 0.3) is 105 Å². The van der Waals surface area contributed by atoms with Crippen LogP contribution in [0.1, 0.15) is 0 Å². The SMILES string of the molecule is O=c1c2cc3c(cc2c2cc4c5ccccc5n(-c5ccccc5)c4cc2n1-c1ccc(-c2ccc(-c4ccccc4)cc2)cc1)c1ccccc1n3-c1ccccc1. The van der Waals surface area contributed by atoms with Gasteiger partial charge in [-0.1, -0.05) is 140 Å². The Hall–Kier alpha value is -7.95. The van der Waals surface area contributed by atoms with Gasteiger partial charge < -0.3 is 9.13 Å².